The maximum absolute atomic E-state index is 13.5. The van der Waals surface area contributed by atoms with Crippen LogP contribution in [0, 0.1) is 5.82 Å². The molecule has 1 amide bonds. The van der Waals surface area contributed by atoms with Crippen LogP contribution in [0.25, 0.3) is 5.69 Å². The van der Waals surface area contributed by atoms with Crippen molar-refractivity contribution in [3.8, 4) is 5.69 Å². The number of aromatic nitrogens is 2. The van der Waals surface area contributed by atoms with Gasteiger partial charge in [-0.1, -0.05) is 29.8 Å². The summed E-state index contributed by atoms with van der Waals surface area (Å²) in [6.07, 6.45) is -4.65. The molecule has 30 heavy (non-hydrogen) atoms. The first-order valence-electron chi connectivity index (χ1n) is 8.95. The first-order valence-corrected chi connectivity index (χ1v) is 9.33. The molecule has 3 rings (SSSR count). The van der Waals surface area contributed by atoms with E-state index < -0.39 is 29.0 Å². The molecule has 9 heteroatoms. The van der Waals surface area contributed by atoms with Gasteiger partial charge in [-0.3, -0.25) is 4.79 Å². The van der Waals surface area contributed by atoms with Crippen LogP contribution in [0.2, 0.25) is 5.02 Å². The van der Waals surface area contributed by atoms with E-state index in [0.717, 1.165) is 10.7 Å². The fourth-order valence-corrected chi connectivity index (χ4v) is 3.10. The first-order chi connectivity index (χ1) is 14.0. The van der Waals surface area contributed by atoms with E-state index in [-0.39, 0.29) is 12.2 Å². The Hall–Kier alpha value is -2.87. The van der Waals surface area contributed by atoms with Crippen LogP contribution in [0.3, 0.4) is 0 Å². The van der Waals surface area contributed by atoms with Crippen molar-refractivity contribution in [2.24, 2.45) is 0 Å². The zero-order valence-electron chi connectivity index (χ0n) is 16.1. The highest BCUT2D eigenvalue weighted by molar-refractivity contribution is 6.30. The zero-order valence-corrected chi connectivity index (χ0v) is 16.9. The summed E-state index contributed by atoms with van der Waals surface area (Å²) in [6.45, 7) is 2.99. The smallest absolute Gasteiger partial charge is 0.350 e. The van der Waals surface area contributed by atoms with Crippen molar-refractivity contribution in [2.45, 2.75) is 32.0 Å². The summed E-state index contributed by atoms with van der Waals surface area (Å²) in [7, 11) is 0. The van der Waals surface area contributed by atoms with Crippen LogP contribution in [0.15, 0.2) is 54.6 Å². The monoisotopic (exact) mass is 439 g/mol. The van der Waals surface area contributed by atoms with E-state index in [2.05, 4.69) is 10.4 Å². The Labute approximate surface area is 175 Å². The van der Waals surface area contributed by atoms with Crippen molar-refractivity contribution >= 4 is 17.5 Å². The van der Waals surface area contributed by atoms with Gasteiger partial charge in [-0.2, -0.15) is 18.3 Å². The third kappa shape index (κ3) is 4.64. The lowest BCUT2D eigenvalue weighted by atomic mass is 9.83. The predicted octanol–water partition coefficient (Wildman–Crippen LogP) is 5.28. The average molecular weight is 440 g/mol. The number of rotatable bonds is 5. The second-order valence-electron chi connectivity index (χ2n) is 7.23. The number of benzene rings is 2. The number of amides is 1. The zero-order chi connectivity index (χ0) is 22.1. The molecule has 1 N–H and O–H groups in total. The van der Waals surface area contributed by atoms with Gasteiger partial charge in [0.2, 0.25) is 5.91 Å². The van der Waals surface area contributed by atoms with Crippen LogP contribution in [0.1, 0.15) is 30.8 Å². The number of nitrogens with zero attached hydrogens (tertiary/aromatic N) is 2. The molecule has 1 aromatic heterocycles. The molecule has 0 atom stereocenters. The summed E-state index contributed by atoms with van der Waals surface area (Å²) < 4.78 is 54.2. The number of halogens is 5. The Kier molecular flexibility index (Phi) is 5.90. The van der Waals surface area contributed by atoms with E-state index in [4.69, 9.17) is 11.6 Å². The summed E-state index contributed by atoms with van der Waals surface area (Å²) in [5, 5.41) is 6.59. The Morgan fingerprint density at radius 3 is 2.43 bits per heavy atom. The van der Waals surface area contributed by atoms with Gasteiger partial charge in [0, 0.05) is 5.02 Å². The van der Waals surface area contributed by atoms with E-state index in [9.17, 15) is 22.4 Å². The van der Waals surface area contributed by atoms with Gasteiger partial charge >= 0.3 is 6.18 Å². The number of carbonyl (C=O) groups excluding carboxylic acids is 1. The van der Waals surface area contributed by atoms with Gasteiger partial charge in [0.1, 0.15) is 5.82 Å². The summed E-state index contributed by atoms with van der Waals surface area (Å²) in [5.74, 6) is -0.956. The van der Waals surface area contributed by atoms with Crippen LogP contribution in [-0.4, -0.2) is 15.7 Å². The topological polar surface area (TPSA) is 46.9 Å². The van der Waals surface area contributed by atoms with Gasteiger partial charge in [0.05, 0.1) is 23.3 Å². The van der Waals surface area contributed by atoms with Gasteiger partial charge < -0.3 is 5.32 Å². The SMILES string of the molecule is CC(C)(C(=O)NCc1cc(C(F)(F)F)nn1-c1cccc(Cl)c1)c1cccc(F)c1. The number of hydrogen-bond donors (Lipinski definition) is 1. The number of alkyl halides is 3. The van der Waals surface area contributed by atoms with Crippen molar-refractivity contribution in [2.75, 3.05) is 0 Å². The lowest BCUT2D eigenvalue weighted by Gasteiger charge is -2.24. The van der Waals surface area contributed by atoms with Crippen LogP contribution in [0.4, 0.5) is 17.6 Å². The predicted molar refractivity (Wildman–Crippen MR) is 105 cm³/mol. The van der Waals surface area contributed by atoms with Gasteiger partial charge in [-0.05, 0) is 55.8 Å². The molecule has 0 aliphatic rings. The number of carbonyl (C=O) groups is 1. The molecule has 0 bridgehead atoms. The lowest BCUT2D eigenvalue weighted by molar-refractivity contribution is -0.141. The highest BCUT2D eigenvalue weighted by Crippen LogP contribution is 2.30. The standard InChI is InChI=1S/C21H18ClF4N3O/c1-20(2,13-5-3-7-15(23)9-13)19(30)27-12-17-11-18(21(24,25)26)28-29(17)16-8-4-6-14(22)10-16/h3-11H,12H2,1-2H3,(H,27,30). The molecular weight excluding hydrogens is 422 g/mol. The Bertz CT molecular complexity index is 1080. The van der Waals surface area contributed by atoms with Crippen LogP contribution in [-0.2, 0) is 22.9 Å². The molecule has 0 saturated heterocycles. The first kappa shape index (κ1) is 21.8. The van der Waals surface area contributed by atoms with Crippen molar-refractivity contribution in [1.82, 2.24) is 15.1 Å². The number of nitrogens with one attached hydrogen (secondary N) is 1. The van der Waals surface area contributed by atoms with Crippen LogP contribution >= 0.6 is 11.6 Å². The fraction of sp³-hybridized carbons (Fsp3) is 0.238. The molecule has 0 saturated carbocycles. The molecule has 0 fully saturated rings. The van der Waals surface area contributed by atoms with Crippen LogP contribution < -0.4 is 5.32 Å². The second-order valence-corrected chi connectivity index (χ2v) is 7.66. The van der Waals surface area contributed by atoms with Gasteiger partial charge in [-0.15, -0.1) is 0 Å². The molecule has 0 aliphatic carbocycles. The van der Waals surface area contributed by atoms with Gasteiger partial charge in [0.15, 0.2) is 5.69 Å². The molecule has 1 heterocycles. The summed E-state index contributed by atoms with van der Waals surface area (Å²) in [5.41, 5.74) is -1.30. The van der Waals surface area contributed by atoms with E-state index in [1.807, 2.05) is 0 Å². The molecule has 0 radical (unpaired) electrons. The van der Waals surface area contributed by atoms with E-state index in [1.165, 1.54) is 24.3 Å². The quantitative estimate of drug-likeness (QED) is 0.550. The van der Waals surface area contributed by atoms with Crippen molar-refractivity contribution in [3.05, 3.63) is 82.4 Å². The third-order valence-corrected chi connectivity index (χ3v) is 4.91. The molecule has 0 spiro atoms. The van der Waals surface area contributed by atoms with Crippen molar-refractivity contribution in [1.29, 1.82) is 0 Å². The Morgan fingerprint density at radius 2 is 1.80 bits per heavy atom. The summed E-state index contributed by atoms with van der Waals surface area (Å²) in [4.78, 5) is 12.7. The summed E-state index contributed by atoms with van der Waals surface area (Å²) >= 11 is 5.95. The van der Waals surface area contributed by atoms with Crippen molar-refractivity contribution < 1.29 is 22.4 Å². The maximum Gasteiger partial charge on any atom is 0.435 e. The molecule has 2 aromatic carbocycles. The number of hydrogen-bond acceptors (Lipinski definition) is 2. The van der Waals surface area contributed by atoms with E-state index >= 15 is 0 Å². The maximum atomic E-state index is 13.5. The van der Waals surface area contributed by atoms with Gasteiger partial charge in [0.25, 0.3) is 0 Å². The molecule has 0 unspecified atom stereocenters. The third-order valence-electron chi connectivity index (χ3n) is 4.67. The lowest BCUT2D eigenvalue weighted by Crippen LogP contribution is -2.40. The highest BCUT2D eigenvalue weighted by atomic mass is 35.5. The molecule has 158 valence electrons. The van der Waals surface area contributed by atoms with Gasteiger partial charge in [-0.25, -0.2) is 9.07 Å². The second kappa shape index (κ2) is 8.10. The largest absolute Gasteiger partial charge is 0.435 e. The molecular formula is C21H18ClF4N3O. The average Bonchev–Trinajstić information content (AvgIpc) is 3.11. The minimum absolute atomic E-state index is 0.119. The Balaban J connectivity index is 1.89. The highest BCUT2D eigenvalue weighted by Gasteiger charge is 2.35. The normalized spacial score (nSPS) is 12.1. The van der Waals surface area contributed by atoms with E-state index in [1.54, 1.807) is 38.1 Å². The fourth-order valence-electron chi connectivity index (χ4n) is 2.92. The van der Waals surface area contributed by atoms with Crippen molar-refractivity contribution in [3.63, 3.8) is 0 Å². The van der Waals surface area contributed by atoms with E-state index in [0.29, 0.717) is 16.3 Å². The minimum Gasteiger partial charge on any atom is -0.350 e. The molecule has 4 nitrogen and oxygen atoms in total. The van der Waals surface area contributed by atoms with Crippen LogP contribution in [0.5, 0.6) is 0 Å². The minimum atomic E-state index is -4.65. The summed E-state index contributed by atoms with van der Waals surface area (Å²) in [6, 6.07) is 12.7. The molecule has 0 aliphatic heterocycles. The Morgan fingerprint density at radius 1 is 1.10 bits per heavy atom. The molecule has 3 aromatic rings.